The van der Waals surface area contributed by atoms with Gasteiger partial charge >= 0.3 is 0 Å². The number of rotatable bonds is 2. The lowest BCUT2D eigenvalue weighted by Gasteiger charge is -2.35. The summed E-state index contributed by atoms with van der Waals surface area (Å²) in [5.41, 5.74) is 0. The molecule has 0 atom stereocenters. The zero-order valence-corrected chi connectivity index (χ0v) is 6.46. The molecule has 58 valence electrons. The molecule has 1 aliphatic heterocycles. The van der Waals surface area contributed by atoms with Crippen LogP contribution < -0.4 is 0 Å². The molecule has 0 bridgehead atoms. The van der Waals surface area contributed by atoms with Crippen molar-refractivity contribution in [2.45, 2.75) is 19.9 Å². The van der Waals surface area contributed by atoms with E-state index in [0.717, 1.165) is 6.54 Å². The van der Waals surface area contributed by atoms with Crippen LogP contribution >= 0.6 is 0 Å². The van der Waals surface area contributed by atoms with E-state index in [1.807, 2.05) is 11.8 Å². The maximum absolute atomic E-state index is 10.9. The highest BCUT2D eigenvalue weighted by atomic mass is 16.5. The second-order valence-corrected chi connectivity index (χ2v) is 2.50. The standard InChI is InChI=1S/C7H13NO2/c1-3-8(6(2)9)7-4-10-5-7/h7H,3-5H2,1-2H3. The van der Waals surface area contributed by atoms with Crippen LogP contribution in [0.4, 0.5) is 0 Å². The first-order valence-electron chi connectivity index (χ1n) is 3.60. The van der Waals surface area contributed by atoms with Gasteiger partial charge in [0.15, 0.2) is 0 Å². The second-order valence-electron chi connectivity index (χ2n) is 2.50. The van der Waals surface area contributed by atoms with E-state index in [1.54, 1.807) is 6.92 Å². The lowest BCUT2D eigenvalue weighted by molar-refractivity contribution is -0.141. The van der Waals surface area contributed by atoms with Crippen molar-refractivity contribution in [2.75, 3.05) is 19.8 Å². The average molecular weight is 143 g/mol. The van der Waals surface area contributed by atoms with Crippen LogP contribution in [-0.4, -0.2) is 36.6 Å². The molecule has 0 unspecified atom stereocenters. The highest BCUT2D eigenvalue weighted by Gasteiger charge is 2.26. The predicted octanol–water partition coefficient (Wildman–Crippen LogP) is 0.254. The molecule has 1 saturated heterocycles. The largest absolute Gasteiger partial charge is 0.377 e. The van der Waals surface area contributed by atoms with Crippen LogP contribution in [0.15, 0.2) is 0 Å². The minimum atomic E-state index is 0.149. The molecule has 0 spiro atoms. The first-order chi connectivity index (χ1) is 4.75. The Kier molecular flexibility index (Phi) is 2.27. The van der Waals surface area contributed by atoms with E-state index in [4.69, 9.17) is 4.74 Å². The van der Waals surface area contributed by atoms with Crippen molar-refractivity contribution in [1.29, 1.82) is 0 Å². The average Bonchev–Trinajstić information content (AvgIpc) is 1.76. The summed E-state index contributed by atoms with van der Waals surface area (Å²) in [5, 5.41) is 0. The first kappa shape index (κ1) is 7.54. The quantitative estimate of drug-likeness (QED) is 0.554. The van der Waals surface area contributed by atoms with Gasteiger partial charge in [0, 0.05) is 13.5 Å². The van der Waals surface area contributed by atoms with E-state index in [1.165, 1.54) is 0 Å². The van der Waals surface area contributed by atoms with Crippen LogP contribution in [0.25, 0.3) is 0 Å². The van der Waals surface area contributed by atoms with Gasteiger partial charge in [-0.15, -0.1) is 0 Å². The molecule has 1 fully saturated rings. The Balaban J connectivity index is 2.39. The lowest BCUT2D eigenvalue weighted by atomic mass is 10.2. The van der Waals surface area contributed by atoms with E-state index in [0.29, 0.717) is 19.3 Å². The third kappa shape index (κ3) is 1.29. The first-order valence-corrected chi connectivity index (χ1v) is 3.60. The van der Waals surface area contributed by atoms with Gasteiger partial charge in [-0.1, -0.05) is 0 Å². The van der Waals surface area contributed by atoms with Gasteiger partial charge in [-0.05, 0) is 6.92 Å². The Morgan fingerprint density at radius 3 is 2.40 bits per heavy atom. The Morgan fingerprint density at radius 2 is 2.30 bits per heavy atom. The number of hydrogen-bond donors (Lipinski definition) is 0. The van der Waals surface area contributed by atoms with Crippen LogP contribution in [0.5, 0.6) is 0 Å². The molecule has 0 saturated carbocycles. The molecule has 0 aromatic heterocycles. The SMILES string of the molecule is CCN(C(C)=O)C1COC1. The Labute approximate surface area is 61.0 Å². The molecule has 10 heavy (non-hydrogen) atoms. The summed E-state index contributed by atoms with van der Waals surface area (Å²) >= 11 is 0. The Hall–Kier alpha value is -0.570. The summed E-state index contributed by atoms with van der Waals surface area (Å²) in [7, 11) is 0. The van der Waals surface area contributed by atoms with Crippen molar-refractivity contribution in [3.8, 4) is 0 Å². The van der Waals surface area contributed by atoms with Gasteiger partial charge in [-0.25, -0.2) is 0 Å². The van der Waals surface area contributed by atoms with Gasteiger partial charge in [0.25, 0.3) is 0 Å². The summed E-state index contributed by atoms with van der Waals surface area (Å²) in [5.74, 6) is 0.149. The van der Waals surface area contributed by atoms with Crippen molar-refractivity contribution in [2.24, 2.45) is 0 Å². The van der Waals surface area contributed by atoms with Crippen LogP contribution in [0.3, 0.4) is 0 Å². The van der Waals surface area contributed by atoms with Gasteiger partial charge in [0.2, 0.25) is 5.91 Å². The van der Waals surface area contributed by atoms with Gasteiger partial charge in [0.1, 0.15) is 0 Å². The van der Waals surface area contributed by atoms with Crippen LogP contribution in [0.1, 0.15) is 13.8 Å². The normalized spacial score (nSPS) is 18.2. The highest BCUT2D eigenvalue weighted by Crippen LogP contribution is 2.09. The fraction of sp³-hybridized carbons (Fsp3) is 0.857. The van der Waals surface area contributed by atoms with E-state index < -0.39 is 0 Å². The minimum absolute atomic E-state index is 0.149. The molecule has 1 rings (SSSR count). The van der Waals surface area contributed by atoms with E-state index in [2.05, 4.69) is 0 Å². The zero-order valence-electron chi connectivity index (χ0n) is 6.46. The maximum atomic E-state index is 10.9. The molecule has 0 aliphatic carbocycles. The van der Waals surface area contributed by atoms with E-state index in [9.17, 15) is 4.79 Å². The lowest BCUT2D eigenvalue weighted by Crippen LogP contribution is -2.50. The van der Waals surface area contributed by atoms with Gasteiger partial charge in [-0.3, -0.25) is 4.79 Å². The Morgan fingerprint density at radius 1 is 1.70 bits per heavy atom. The van der Waals surface area contributed by atoms with Crippen molar-refractivity contribution >= 4 is 5.91 Å². The number of carbonyl (C=O) groups excluding carboxylic acids is 1. The third-order valence-electron chi connectivity index (χ3n) is 1.81. The van der Waals surface area contributed by atoms with Crippen molar-refractivity contribution in [3.05, 3.63) is 0 Å². The molecular weight excluding hydrogens is 130 g/mol. The summed E-state index contributed by atoms with van der Waals surface area (Å²) in [6.07, 6.45) is 0. The van der Waals surface area contributed by atoms with E-state index in [-0.39, 0.29) is 5.91 Å². The number of likely N-dealkylation sites (N-methyl/N-ethyl adjacent to an activating group) is 1. The summed E-state index contributed by atoms with van der Waals surface area (Å²) in [4.78, 5) is 12.7. The molecule has 0 aromatic carbocycles. The monoisotopic (exact) mass is 143 g/mol. The van der Waals surface area contributed by atoms with Crippen LogP contribution in [0.2, 0.25) is 0 Å². The molecule has 0 N–H and O–H groups in total. The van der Waals surface area contributed by atoms with Crippen LogP contribution in [0, 0.1) is 0 Å². The fourth-order valence-electron chi connectivity index (χ4n) is 1.14. The smallest absolute Gasteiger partial charge is 0.219 e. The number of nitrogens with zero attached hydrogens (tertiary/aromatic N) is 1. The van der Waals surface area contributed by atoms with Crippen molar-refractivity contribution in [3.63, 3.8) is 0 Å². The topological polar surface area (TPSA) is 29.5 Å². The summed E-state index contributed by atoms with van der Waals surface area (Å²) in [6, 6.07) is 0.350. The van der Waals surface area contributed by atoms with Gasteiger partial charge in [-0.2, -0.15) is 0 Å². The molecule has 3 heteroatoms. The van der Waals surface area contributed by atoms with Gasteiger partial charge < -0.3 is 9.64 Å². The van der Waals surface area contributed by atoms with E-state index >= 15 is 0 Å². The van der Waals surface area contributed by atoms with Crippen LogP contribution in [-0.2, 0) is 9.53 Å². The fourth-order valence-corrected chi connectivity index (χ4v) is 1.14. The molecule has 1 heterocycles. The predicted molar refractivity (Wildman–Crippen MR) is 37.7 cm³/mol. The highest BCUT2D eigenvalue weighted by molar-refractivity contribution is 5.73. The maximum Gasteiger partial charge on any atom is 0.219 e. The van der Waals surface area contributed by atoms with Gasteiger partial charge in [0.05, 0.1) is 19.3 Å². The molecule has 0 radical (unpaired) electrons. The number of carbonyl (C=O) groups is 1. The van der Waals surface area contributed by atoms with Crippen molar-refractivity contribution in [1.82, 2.24) is 4.90 Å². The molecule has 1 amide bonds. The molecule has 3 nitrogen and oxygen atoms in total. The van der Waals surface area contributed by atoms with Crippen molar-refractivity contribution < 1.29 is 9.53 Å². The number of hydrogen-bond acceptors (Lipinski definition) is 2. The minimum Gasteiger partial charge on any atom is -0.377 e. The number of amides is 1. The molecular formula is C7H13NO2. The Bertz CT molecular complexity index is 132. The second kappa shape index (κ2) is 3.01. The summed E-state index contributed by atoms with van der Waals surface area (Å²) < 4.78 is 4.97. The third-order valence-corrected chi connectivity index (χ3v) is 1.81. The zero-order chi connectivity index (χ0) is 7.56. The molecule has 1 aliphatic rings. The molecule has 0 aromatic rings. The number of ether oxygens (including phenoxy) is 1. The summed E-state index contributed by atoms with van der Waals surface area (Å²) in [6.45, 7) is 5.81.